The van der Waals surface area contributed by atoms with E-state index in [0.29, 0.717) is 5.17 Å². The van der Waals surface area contributed by atoms with Crippen molar-refractivity contribution < 1.29 is 4.79 Å². The Hall–Kier alpha value is -2.21. The van der Waals surface area contributed by atoms with Crippen LogP contribution in [0, 0.1) is 5.41 Å². The summed E-state index contributed by atoms with van der Waals surface area (Å²) in [6.07, 6.45) is 1.67. The van der Waals surface area contributed by atoms with Gasteiger partial charge in [-0.05, 0) is 30.3 Å². The lowest BCUT2D eigenvalue weighted by atomic mass is 10.1. The molecule has 19 heavy (non-hydrogen) atoms. The van der Waals surface area contributed by atoms with E-state index in [0.717, 1.165) is 10.6 Å². The standard InChI is InChI=1S/C13H10N4OS/c1-8-16-17-11(14)10(12(18)15-13(17)19-8)7-9-5-3-2-4-6-9/h2-7,14H,1H3/b10-7-,14-11?. The molecule has 0 radical (unpaired) electrons. The Balaban J connectivity index is 2.03. The van der Waals surface area contributed by atoms with Crippen molar-refractivity contribution in [1.29, 1.82) is 5.41 Å². The molecule has 5 nitrogen and oxygen atoms in total. The lowest BCUT2D eigenvalue weighted by Gasteiger charge is -2.20. The summed E-state index contributed by atoms with van der Waals surface area (Å²) in [5, 5.41) is 14.9. The fourth-order valence-electron chi connectivity index (χ4n) is 1.80. The lowest BCUT2D eigenvalue weighted by molar-refractivity contribution is -0.114. The van der Waals surface area contributed by atoms with Gasteiger partial charge in [0, 0.05) is 0 Å². The Labute approximate surface area is 114 Å². The molecule has 0 atom stereocenters. The Kier molecular flexibility index (Phi) is 2.79. The molecule has 6 heteroatoms. The molecule has 0 fully saturated rings. The molecule has 0 bridgehead atoms. The van der Waals surface area contributed by atoms with Crippen molar-refractivity contribution in [3.63, 3.8) is 0 Å². The minimum Gasteiger partial charge on any atom is -0.282 e. The molecule has 2 aliphatic heterocycles. The van der Waals surface area contributed by atoms with Crippen LogP contribution < -0.4 is 0 Å². The maximum atomic E-state index is 12.0. The molecule has 1 amide bonds. The zero-order valence-electron chi connectivity index (χ0n) is 10.1. The van der Waals surface area contributed by atoms with Gasteiger partial charge in [0.2, 0.25) is 5.17 Å². The minimum atomic E-state index is -0.391. The van der Waals surface area contributed by atoms with E-state index in [2.05, 4.69) is 10.1 Å². The Morgan fingerprint density at radius 2 is 2.05 bits per heavy atom. The topological polar surface area (TPSA) is 68.9 Å². The number of aliphatic imine (C=N–C) groups is 1. The van der Waals surface area contributed by atoms with Crippen LogP contribution in [-0.4, -0.2) is 27.0 Å². The van der Waals surface area contributed by atoms with Gasteiger partial charge in [-0.25, -0.2) is 0 Å². The number of carbonyl (C=O) groups excluding carboxylic acids is 1. The number of carbonyl (C=O) groups is 1. The molecule has 0 aromatic heterocycles. The Morgan fingerprint density at radius 1 is 1.32 bits per heavy atom. The molecule has 0 unspecified atom stereocenters. The molecule has 0 saturated heterocycles. The van der Waals surface area contributed by atoms with E-state index in [1.165, 1.54) is 16.8 Å². The van der Waals surface area contributed by atoms with Gasteiger partial charge in [0.1, 0.15) is 0 Å². The van der Waals surface area contributed by atoms with Gasteiger partial charge in [-0.1, -0.05) is 30.3 Å². The molecular formula is C13H10N4OS. The number of thioether (sulfide) groups is 1. The summed E-state index contributed by atoms with van der Waals surface area (Å²) in [5.41, 5.74) is 1.12. The van der Waals surface area contributed by atoms with Crippen molar-refractivity contribution in [1.82, 2.24) is 5.01 Å². The van der Waals surface area contributed by atoms with Gasteiger partial charge in [-0.3, -0.25) is 10.2 Å². The van der Waals surface area contributed by atoms with Crippen molar-refractivity contribution in [3.05, 3.63) is 41.5 Å². The van der Waals surface area contributed by atoms with Gasteiger partial charge in [0.05, 0.1) is 10.6 Å². The third-order valence-electron chi connectivity index (χ3n) is 2.67. The molecule has 3 rings (SSSR count). The van der Waals surface area contributed by atoms with Gasteiger partial charge in [-0.15, -0.1) is 0 Å². The molecule has 94 valence electrons. The van der Waals surface area contributed by atoms with E-state index < -0.39 is 5.91 Å². The van der Waals surface area contributed by atoms with Crippen molar-refractivity contribution in [2.75, 3.05) is 0 Å². The monoisotopic (exact) mass is 270 g/mol. The predicted molar refractivity (Wildman–Crippen MR) is 77.1 cm³/mol. The van der Waals surface area contributed by atoms with Gasteiger partial charge >= 0.3 is 0 Å². The molecule has 1 aromatic rings. The molecule has 1 N–H and O–H groups in total. The van der Waals surface area contributed by atoms with Crippen LogP contribution in [0.2, 0.25) is 0 Å². The average Bonchev–Trinajstić information content (AvgIpc) is 2.76. The van der Waals surface area contributed by atoms with Crippen LogP contribution in [0.25, 0.3) is 6.08 Å². The SMILES string of the molecule is CC1=NN2C(=N)/C(=C/c3ccccc3)C(=O)N=C2S1. The summed E-state index contributed by atoms with van der Waals surface area (Å²) < 4.78 is 0. The van der Waals surface area contributed by atoms with Crippen LogP contribution in [0.4, 0.5) is 0 Å². The van der Waals surface area contributed by atoms with Crippen LogP contribution in [0.3, 0.4) is 0 Å². The van der Waals surface area contributed by atoms with E-state index in [4.69, 9.17) is 5.41 Å². The molecule has 0 saturated carbocycles. The fraction of sp³-hybridized carbons (Fsp3) is 0.0769. The minimum absolute atomic E-state index is 0.0724. The van der Waals surface area contributed by atoms with Crippen LogP contribution in [0.1, 0.15) is 12.5 Å². The number of nitrogens with zero attached hydrogens (tertiary/aromatic N) is 3. The number of fused-ring (bicyclic) bond motifs is 1. The smallest absolute Gasteiger partial charge is 0.282 e. The van der Waals surface area contributed by atoms with Crippen molar-refractivity contribution in [2.45, 2.75) is 6.92 Å². The zero-order valence-corrected chi connectivity index (χ0v) is 10.9. The summed E-state index contributed by atoms with van der Waals surface area (Å²) in [6, 6.07) is 9.41. The van der Waals surface area contributed by atoms with E-state index in [1.54, 1.807) is 6.08 Å². The normalized spacial score (nSPS) is 20.5. The van der Waals surface area contributed by atoms with E-state index in [-0.39, 0.29) is 11.4 Å². The number of benzene rings is 1. The second-order valence-electron chi connectivity index (χ2n) is 4.05. The number of nitrogens with one attached hydrogen (secondary N) is 1. The lowest BCUT2D eigenvalue weighted by Crippen LogP contribution is -2.35. The van der Waals surface area contributed by atoms with Gasteiger partial charge < -0.3 is 0 Å². The molecule has 2 aliphatic rings. The molecule has 2 heterocycles. The first kappa shape index (κ1) is 11.9. The molecular weight excluding hydrogens is 260 g/mol. The third kappa shape index (κ3) is 2.10. The second-order valence-corrected chi connectivity index (χ2v) is 5.21. The Morgan fingerprint density at radius 3 is 2.79 bits per heavy atom. The number of hydrogen-bond acceptors (Lipinski definition) is 4. The number of hydrogen-bond donors (Lipinski definition) is 1. The highest BCUT2D eigenvalue weighted by Gasteiger charge is 2.34. The number of amides is 1. The summed E-state index contributed by atoms with van der Waals surface area (Å²) in [7, 11) is 0. The van der Waals surface area contributed by atoms with E-state index in [1.807, 2.05) is 37.3 Å². The fourth-order valence-corrected chi connectivity index (χ4v) is 2.54. The zero-order chi connectivity index (χ0) is 13.4. The molecule has 0 aliphatic carbocycles. The number of hydrazone groups is 1. The summed E-state index contributed by atoms with van der Waals surface area (Å²) in [4.78, 5) is 15.9. The number of rotatable bonds is 1. The highest BCUT2D eigenvalue weighted by Crippen LogP contribution is 2.27. The van der Waals surface area contributed by atoms with Crippen molar-refractivity contribution in [3.8, 4) is 0 Å². The summed E-state index contributed by atoms with van der Waals surface area (Å²) >= 11 is 1.30. The summed E-state index contributed by atoms with van der Waals surface area (Å²) in [6.45, 7) is 1.82. The summed E-state index contributed by atoms with van der Waals surface area (Å²) in [5.74, 6) is -0.319. The highest BCUT2D eigenvalue weighted by molar-refractivity contribution is 8.26. The first-order valence-corrected chi connectivity index (χ1v) is 6.48. The van der Waals surface area contributed by atoms with Crippen molar-refractivity contribution >= 4 is 39.8 Å². The molecule has 0 spiro atoms. The number of amidine groups is 2. The highest BCUT2D eigenvalue weighted by atomic mass is 32.2. The van der Waals surface area contributed by atoms with E-state index >= 15 is 0 Å². The molecule has 1 aromatic carbocycles. The Bertz CT molecular complexity index is 660. The van der Waals surface area contributed by atoms with Crippen molar-refractivity contribution in [2.24, 2.45) is 10.1 Å². The van der Waals surface area contributed by atoms with Gasteiger partial charge in [0.15, 0.2) is 5.84 Å². The maximum Gasteiger partial charge on any atom is 0.283 e. The maximum absolute atomic E-state index is 12.0. The largest absolute Gasteiger partial charge is 0.283 e. The van der Waals surface area contributed by atoms with Crippen LogP contribution in [0.15, 0.2) is 46.0 Å². The van der Waals surface area contributed by atoms with Crippen LogP contribution in [-0.2, 0) is 4.79 Å². The average molecular weight is 270 g/mol. The third-order valence-corrected chi connectivity index (χ3v) is 3.49. The first-order valence-electron chi connectivity index (χ1n) is 5.67. The quantitative estimate of drug-likeness (QED) is 0.796. The van der Waals surface area contributed by atoms with Gasteiger partial charge in [0.25, 0.3) is 5.91 Å². The predicted octanol–water partition coefficient (Wildman–Crippen LogP) is 2.33. The van der Waals surface area contributed by atoms with E-state index in [9.17, 15) is 4.79 Å². The first-order chi connectivity index (χ1) is 9.15. The second kappa shape index (κ2) is 4.47. The van der Waals surface area contributed by atoms with Crippen LogP contribution in [0.5, 0.6) is 0 Å². The van der Waals surface area contributed by atoms with Gasteiger partial charge in [-0.2, -0.15) is 15.1 Å². The van der Waals surface area contributed by atoms with Crippen LogP contribution >= 0.6 is 11.8 Å².